The number of nitrogens with one attached hydrogen (secondary N) is 2. The summed E-state index contributed by atoms with van der Waals surface area (Å²) in [4.78, 5) is 22.3. The maximum absolute atomic E-state index is 12.1. The molecule has 0 bridgehead atoms. The van der Waals surface area contributed by atoms with Crippen LogP contribution in [-0.2, 0) is 11.2 Å². The predicted octanol–water partition coefficient (Wildman–Crippen LogP) is 5.14. The molecular weight excluding hydrogens is 344 g/mol. The number of rotatable bonds is 6. The molecule has 0 spiro atoms. The van der Waals surface area contributed by atoms with Crippen molar-refractivity contribution in [2.75, 3.05) is 10.6 Å². The molecule has 3 aromatic rings. The Morgan fingerprint density at radius 3 is 2.65 bits per heavy atom. The molecule has 2 aromatic heterocycles. The molecule has 1 saturated carbocycles. The van der Waals surface area contributed by atoms with Gasteiger partial charge in [-0.25, -0.2) is 9.97 Å². The lowest BCUT2D eigenvalue weighted by Gasteiger charge is -2.10. The lowest BCUT2D eigenvalue weighted by molar-refractivity contribution is -0.115. The molecule has 6 heteroatoms. The minimum atomic E-state index is -0.00587. The molecule has 1 fully saturated rings. The van der Waals surface area contributed by atoms with Crippen LogP contribution < -0.4 is 10.6 Å². The van der Waals surface area contributed by atoms with Gasteiger partial charge in [0.25, 0.3) is 0 Å². The molecule has 1 aromatic carbocycles. The smallest absolute Gasteiger partial charge is 0.229 e. The summed E-state index contributed by atoms with van der Waals surface area (Å²) in [5.41, 5.74) is 2.69. The van der Waals surface area contributed by atoms with E-state index in [1.54, 1.807) is 11.3 Å². The molecular formula is C20H24N4OS. The Hall–Kier alpha value is -2.73. The number of amides is 1. The van der Waals surface area contributed by atoms with Crippen molar-refractivity contribution in [3.8, 4) is 0 Å². The largest absolute Gasteiger partial charge is 0.340 e. The zero-order chi connectivity index (χ0) is 17.9. The van der Waals surface area contributed by atoms with Crippen LogP contribution >= 0.6 is 11.3 Å². The summed E-state index contributed by atoms with van der Waals surface area (Å²) in [6.07, 6.45) is 2.77. The molecule has 0 unspecified atom stereocenters. The van der Waals surface area contributed by atoms with Crippen LogP contribution in [0, 0.1) is 6.92 Å². The highest BCUT2D eigenvalue weighted by Crippen LogP contribution is 2.38. The van der Waals surface area contributed by atoms with Crippen molar-refractivity contribution < 1.29 is 7.65 Å². The van der Waals surface area contributed by atoms with Gasteiger partial charge in [-0.05, 0) is 55.5 Å². The molecule has 0 radical (unpaired) electrons. The summed E-state index contributed by atoms with van der Waals surface area (Å²) in [6, 6.07) is 13.5. The highest BCUT2D eigenvalue weighted by Gasteiger charge is 2.27. The standard InChI is InChI=1S/C20H20N4OS.2H2/c1-13-11-18(24-20(21-13)14-4-5-14)22-15-6-8-16(9-7-15)23-19(25)12-17-3-2-10-26-17;;/h2-3,6-11,14H,4-5,12H2,1H3,(H,23,25)(H,21,22,24);2*1H. The van der Waals surface area contributed by atoms with Gasteiger partial charge in [0.05, 0.1) is 6.42 Å². The lowest BCUT2D eigenvalue weighted by atomic mass is 10.2. The van der Waals surface area contributed by atoms with E-state index in [-0.39, 0.29) is 8.76 Å². The molecule has 1 amide bonds. The van der Waals surface area contributed by atoms with Gasteiger partial charge in [0, 0.05) is 36.8 Å². The van der Waals surface area contributed by atoms with Gasteiger partial charge in [-0.15, -0.1) is 11.3 Å². The highest BCUT2D eigenvalue weighted by molar-refractivity contribution is 7.10. The predicted molar refractivity (Wildman–Crippen MR) is 109 cm³/mol. The molecule has 1 aliphatic carbocycles. The molecule has 0 saturated heterocycles. The summed E-state index contributed by atoms with van der Waals surface area (Å²) >= 11 is 1.59. The monoisotopic (exact) mass is 368 g/mol. The highest BCUT2D eigenvalue weighted by atomic mass is 32.1. The molecule has 2 N–H and O–H groups in total. The first kappa shape index (κ1) is 16.7. The minimum Gasteiger partial charge on any atom is -0.340 e. The van der Waals surface area contributed by atoms with E-state index in [4.69, 9.17) is 0 Å². The van der Waals surface area contributed by atoms with E-state index in [9.17, 15) is 4.79 Å². The van der Waals surface area contributed by atoms with Crippen molar-refractivity contribution in [3.05, 3.63) is 64.2 Å². The average Bonchev–Trinajstić information content (AvgIpc) is 3.34. The number of aryl methyl sites for hydroxylation is 1. The molecule has 26 heavy (non-hydrogen) atoms. The number of carbonyl (C=O) groups excluding carboxylic acids is 1. The number of aromatic nitrogens is 2. The normalized spacial score (nSPS) is 13.4. The van der Waals surface area contributed by atoms with Gasteiger partial charge in [0.15, 0.2) is 0 Å². The molecule has 2 heterocycles. The van der Waals surface area contributed by atoms with E-state index in [0.29, 0.717) is 12.3 Å². The fourth-order valence-electron chi connectivity index (χ4n) is 2.74. The van der Waals surface area contributed by atoms with Gasteiger partial charge in [-0.2, -0.15) is 0 Å². The van der Waals surface area contributed by atoms with Gasteiger partial charge >= 0.3 is 0 Å². The Balaban J connectivity index is 0.00000140. The van der Waals surface area contributed by atoms with Crippen molar-refractivity contribution in [2.45, 2.75) is 32.1 Å². The molecule has 5 nitrogen and oxygen atoms in total. The van der Waals surface area contributed by atoms with Gasteiger partial charge in [0.1, 0.15) is 11.6 Å². The number of carbonyl (C=O) groups is 1. The third kappa shape index (κ3) is 4.26. The summed E-state index contributed by atoms with van der Waals surface area (Å²) in [5.74, 6) is 2.27. The Labute approximate surface area is 159 Å². The Morgan fingerprint density at radius 1 is 1.19 bits per heavy atom. The average molecular weight is 369 g/mol. The van der Waals surface area contributed by atoms with E-state index in [0.717, 1.165) is 33.6 Å². The molecule has 136 valence electrons. The number of thiophene rings is 1. The van der Waals surface area contributed by atoms with Gasteiger partial charge < -0.3 is 10.6 Å². The van der Waals surface area contributed by atoms with Crippen LogP contribution in [0.15, 0.2) is 47.8 Å². The van der Waals surface area contributed by atoms with Gasteiger partial charge in [0.2, 0.25) is 5.91 Å². The fraction of sp³-hybridized carbons (Fsp3) is 0.250. The number of anilines is 3. The van der Waals surface area contributed by atoms with Crippen molar-refractivity contribution in [1.29, 1.82) is 0 Å². The quantitative estimate of drug-likeness (QED) is 0.632. The lowest BCUT2D eigenvalue weighted by Crippen LogP contribution is -2.13. The first-order valence-corrected chi connectivity index (χ1v) is 9.58. The second-order valence-corrected chi connectivity index (χ2v) is 7.57. The van der Waals surface area contributed by atoms with Crippen LogP contribution in [0.2, 0.25) is 0 Å². The number of nitrogens with zero attached hydrogens (tertiary/aromatic N) is 2. The zero-order valence-electron chi connectivity index (χ0n) is 14.5. The molecule has 4 rings (SSSR count). The first-order chi connectivity index (χ1) is 12.7. The Bertz CT molecular complexity index is 912. The zero-order valence-corrected chi connectivity index (χ0v) is 15.3. The topological polar surface area (TPSA) is 66.9 Å². The number of hydrogen-bond donors (Lipinski definition) is 2. The van der Waals surface area contributed by atoms with E-state index < -0.39 is 0 Å². The third-order valence-corrected chi connectivity index (χ3v) is 5.05. The summed E-state index contributed by atoms with van der Waals surface area (Å²) in [7, 11) is 0. The van der Waals surface area contributed by atoms with E-state index in [2.05, 4.69) is 20.6 Å². The maximum Gasteiger partial charge on any atom is 0.229 e. The van der Waals surface area contributed by atoms with Crippen molar-refractivity contribution in [3.63, 3.8) is 0 Å². The molecule has 0 aliphatic heterocycles. The van der Waals surface area contributed by atoms with Gasteiger partial charge in [-0.1, -0.05) is 6.07 Å². The summed E-state index contributed by atoms with van der Waals surface area (Å²) in [5, 5.41) is 8.23. The summed E-state index contributed by atoms with van der Waals surface area (Å²) in [6.45, 7) is 1.99. The minimum absolute atomic E-state index is 0. The van der Waals surface area contributed by atoms with Crippen LogP contribution in [-0.4, -0.2) is 15.9 Å². The second kappa shape index (κ2) is 7.25. The first-order valence-electron chi connectivity index (χ1n) is 8.70. The van der Waals surface area contributed by atoms with Crippen molar-refractivity contribution in [1.82, 2.24) is 9.97 Å². The van der Waals surface area contributed by atoms with Crippen LogP contribution in [0.4, 0.5) is 17.2 Å². The van der Waals surface area contributed by atoms with Crippen LogP contribution in [0.5, 0.6) is 0 Å². The fourth-order valence-corrected chi connectivity index (χ4v) is 3.44. The van der Waals surface area contributed by atoms with Crippen molar-refractivity contribution in [2.24, 2.45) is 0 Å². The maximum atomic E-state index is 12.1. The number of hydrogen-bond acceptors (Lipinski definition) is 5. The van der Waals surface area contributed by atoms with Gasteiger partial charge in [-0.3, -0.25) is 4.79 Å². The van der Waals surface area contributed by atoms with Crippen molar-refractivity contribution >= 4 is 34.4 Å². The van der Waals surface area contributed by atoms with E-state index in [1.165, 1.54) is 12.8 Å². The summed E-state index contributed by atoms with van der Waals surface area (Å²) < 4.78 is 0. The molecule has 1 aliphatic rings. The van der Waals surface area contributed by atoms with E-state index >= 15 is 0 Å². The van der Waals surface area contributed by atoms with Crippen LogP contribution in [0.1, 0.15) is 38.0 Å². The number of benzene rings is 1. The third-order valence-electron chi connectivity index (χ3n) is 4.17. The van der Waals surface area contributed by atoms with Crippen LogP contribution in [0.25, 0.3) is 0 Å². The molecule has 0 atom stereocenters. The van der Waals surface area contributed by atoms with Crippen LogP contribution in [0.3, 0.4) is 0 Å². The Kier molecular flexibility index (Phi) is 4.67. The second-order valence-electron chi connectivity index (χ2n) is 6.53. The van der Waals surface area contributed by atoms with E-state index in [1.807, 2.05) is 54.8 Å². The SMILES string of the molecule is Cc1cc(Nc2ccc(NC(=O)Cc3cccs3)cc2)nc(C2CC2)n1.[HH].[HH]. The Morgan fingerprint density at radius 2 is 1.96 bits per heavy atom.